The summed E-state index contributed by atoms with van der Waals surface area (Å²) in [6.07, 6.45) is 4.82. The molecule has 2 aromatic rings. The molecule has 0 radical (unpaired) electrons. The Morgan fingerprint density at radius 2 is 2.08 bits per heavy atom. The zero-order valence-electron chi connectivity index (χ0n) is 6.51. The summed E-state index contributed by atoms with van der Waals surface area (Å²) in [5.74, 6) is 0. The number of fused-ring (bicyclic) bond motifs is 1. The smallest absolute Gasteiger partial charge is 0.181 e. The zero-order valence-corrected chi connectivity index (χ0v) is 9.81. The van der Waals surface area contributed by atoms with E-state index in [1.165, 1.54) is 6.33 Å². The summed E-state index contributed by atoms with van der Waals surface area (Å²) in [5.41, 5.74) is 2.25. The lowest BCUT2D eigenvalue weighted by Crippen LogP contribution is -1.92. The predicted molar refractivity (Wildman–Crippen MR) is 58.1 cm³/mol. The minimum Gasteiger partial charge on any atom is -0.245 e. The van der Waals surface area contributed by atoms with Crippen LogP contribution in [0.15, 0.2) is 18.7 Å². The molecule has 13 heavy (non-hydrogen) atoms. The SMILES string of the molecule is Br.BrCc1cnc2ncncc2n1. The Morgan fingerprint density at radius 3 is 2.85 bits per heavy atom. The average Bonchev–Trinajstić information content (AvgIpc) is 2.17. The Hall–Kier alpha value is -0.620. The molecule has 0 aromatic carbocycles. The molecule has 0 bridgehead atoms. The lowest BCUT2D eigenvalue weighted by atomic mass is 10.4. The molecule has 2 aromatic heterocycles. The van der Waals surface area contributed by atoms with E-state index in [4.69, 9.17) is 0 Å². The minimum atomic E-state index is 0. The van der Waals surface area contributed by atoms with E-state index in [0.717, 1.165) is 11.2 Å². The van der Waals surface area contributed by atoms with Gasteiger partial charge >= 0.3 is 0 Å². The van der Waals surface area contributed by atoms with Gasteiger partial charge in [-0.3, -0.25) is 0 Å². The number of hydrogen-bond acceptors (Lipinski definition) is 4. The quantitative estimate of drug-likeness (QED) is 0.755. The fourth-order valence-electron chi connectivity index (χ4n) is 0.878. The van der Waals surface area contributed by atoms with E-state index in [0.29, 0.717) is 11.0 Å². The molecule has 2 rings (SSSR count). The number of nitrogens with zero attached hydrogens (tertiary/aromatic N) is 4. The molecule has 6 heteroatoms. The van der Waals surface area contributed by atoms with Crippen LogP contribution in [0.5, 0.6) is 0 Å². The summed E-state index contributed by atoms with van der Waals surface area (Å²) in [5, 5.41) is 0.699. The summed E-state index contributed by atoms with van der Waals surface area (Å²) in [6, 6.07) is 0. The van der Waals surface area contributed by atoms with Crippen molar-refractivity contribution in [2.45, 2.75) is 5.33 Å². The van der Waals surface area contributed by atoms with Gasteiger partial charge in [0, 0.05) is 5.33 Å². The molecule has 2 heterocycles. The van der Waals surface area contributed by atoms with Crippen molar-refractivity contribution >= 4 is 44.1 Å². The summed E-state index contributed by atoms with van der Waals surface area (Å²) >= 11 is 3.30. The number of hydrogen-bond donors (Lipinski definition) is 0. The summed E-state index contributed by atoms with van der Waals surface area (Å²) in [4.78, 5) is 16.2. The highest BCUT2D eigenvalue weighted by Crippen LogP contribution is 2.06. The van der Waals surface area contributed by atoms with Crippen LogP contribution in [0, 0.1) is 0 Å². The van der Waals surface area contributed by atoms with Gasteiger partial charge in [0.25, 0.3) is 0 Å². The van der Waals surface area contributed by atoms with Crippen molar-refractivity contribution in [3.8, 4) is 0 Å². The molecular formula is C7H6Br2N4. The average molecular weight is 306 g/mol. The van der Waals surface area contributed by atoms with Gasteiger partial charge in [0.1, 0.15) is 11.8 Å². The first kappa shape index (κ1) is 10.5. The fraction of sp³-hybridized carbons (Fsp3) is 0.143. The van der Waals surface area contributed by atoms with Gasteiger partial charge in [0.2, 0.25) is 0 Å². The van der Waals surface area contributed by atoms with E-state index >= 15 is 0 Å². The van der Waals surface area contributed by atoms with Crippen LogP contribution < -0.4 is 0 Å². The monoisotopic (exact) mass is 304 g/mol. The number of alkyl halides is 1. The topological polar surface area (TPSA) is 51.6 Å². The van der Waals surface area contributed by atoms with Crippen molar-refractivity contribution in [2.24, 2.45) is 0 Å². The molecule has 0 N–H and O–H groups in total. The maximum Gasteiger partial charge on any atom is 0.181 e. The molecule has 0 fully saturated rings. The molecule has 0 amide bonds. The molecule has 0 aliphatic carbocycles. The van der Waals surface area contributed by atoms with Crippen LogP contribution in [-0.2, 0) is 5.33 Å². The van der Waals surface area contributed by atoms with Crippen LogP contribution in [0.4, 0.5) is 0 Å². The fourth-order valence-corrected chi connectivity index (χ4v) is 1.15. The van der Waals surface area contributed by atoms with Crippen molar-refractivity contribution in [1.82, 2.24) is 19.9 Å². The van der Waals surface area contributed by atoms with Gasteiger partial charge in [-0.25, -0.2) is 19.9 Å². The van der Waals surface area contributed by atoms with Crippen LogP contribution in [-0.4, -0.2) is 19.9 Å². The molecule has 0 saturated heterocycles. The van der Waals surface area contributed by atoms with E-state index in [9.17, 15) is 0 Å². The highest BCUT2D eigenvalue weighted by atomic mass is 79.9. The van der Waals surface area contributed by atoms with Crippen molar-refractivity contribution in [3.05, 3.63) is 24.4 Å². The first-order valence-corrected chi connectivity index (χ1v) is 4.50. The maximum atomic E-state index is 4.26. The van der Waals surface area contributed by atoms with Crippen LogP contribution >= 0.6 is 32.9 Å². The molecule has 0 aliphatic rings. The van der Waals surface area contributed by atoms with Gasteiger partial charge in [-0.05, 0) is 0 Å². The molecule has 4 nitrogen and oxygen atoms in total. The summed E-state index contributed by atoms with van der Waals surface area (Å²) < 4.78 is 0. The summed E-state index contributed by atoms with van der Waals surface area (Å²) in [7, 11) is 0. The second-order valence-electron chi connectivity index (χ2n) is 2.23. The van der Waals surface area contributed by atoms with Gasteiger partial charge in [-0.15, -0.1) is 17.0 Å². The molecule has 0 saturated carbocycles. The van der Waals surface area contributed by atoms with Gasteiger partial charge in [0.05, 0.1) is 18.1 Å². The summed E-state index contributed by atoms with van der Waals surface area (Å²) in [6.45, 7) is 0. The minimum absolute atomic E-state index is 0. The third kappa shape index (κ3) is 2.19. The zero-order chi connectivity index (χ0) is 8.39. The first-order chi connectivity index (χ1) is 5.90. The number of halogens is 2. The lowest BCUT2D eigenvalue weighted by Gasteiger charge is -1.95. The van der Waals surface area contributed by atoms with E-state index in [1.807, 2.05) is 0 Å². The first-order valence-electron chi connectivity index (χ1n) is 3.38. The Labute approximate surface area is 93.7 Å². The van der Waals surface area contributed by atoms with E-state index in [2.05, 4.69) is 35.9 Å². The highest BCUT2D eigenvalue weighted by Gasteiger charge is 1.97. The van der Waals surface area contributed by atoms with Crippen molar-refractivity contribution in [2.75, 3.05) is 0 Å². The van der Waals surface area contributed by atoms with Crippen LogP contribution in [0.1, 0.15) is 5.69 Å². The van der Waals surface area contributed by atoms with Crippen molar-refractivity contribution < 1.29 is 0 Å². The third-order valence-electron chi connectivity index (χ3n) is 1.41. The number of rotatable bonds is 1. The van der Waals surface area contributed by atoms with E-state index < -0.39 is 0 Å². The Kier molecular flexibility index (Phi) is 3.68. The third-order valence-corrected chi connectivity index (χ3v) is 1.98. The lowest BCUT2D eigenvalue weighted by molar-refractivity contribution is 1.10. The standard InChI is InChI=1S/C7H5BrN4.BrH/c8-1-5-2-10-7-6(12-5)3-9-4-11-7;/h2-4H,1H2;1H. The normalized spacial score (nSPS) is 9.62. The van der Waals surface area contributed by atoms with Gasteiger partial charge in [-0.2, -0.15) is 0 Å². The van der Waals surface area contributed by atoms with Crippen LogP contribution in [0.25, 0.3) is 11.2 Å². The van der Waals surface area contributed by atoms with Crippen LogP contribution in [0.2, 0.25) is 0 Å². The van der Waals surface area contributed by atoms with Crippen molar-refractivity contribution in [1.29, 1.82) is 0 Å². The highest BCUT2D eigenvalue weighted by molar-refractivity contribution is 9.08. The maximum absolute atomic E-state index is 4.26. The molecule has 0 unspecified atom stereocenters. The van der Waals surface area contributed by atoms with Crippen LogP contribution in [0.3, 0.4) is 0 Å². The molecule has 0 spiro atoms. The number of aromatic nitrogens is 4. The van der Waals surface area contributed by atoms with Gasteiger partial charge in [0.15, 0.2) is 5.65 Å². The van der Waals surface area contributed by atoms with E-state index in [1.54, 1.807) is 12.4 Å². The van der Waals surface area contributed by atoms with Gasteiger partial charge in [-0.1, -0.05) is 15.9 Å². The molecular weight excluding hydrogens is 300 g/mol. The van der Waals surface area contributed by atoms with Gasteiger partial charge < -0.3 is 0 Å². The largest absolute Gasteiger partial charge is 0.245 e. The second-order valence-corrected chi connectivity index (χ2v) is 2.79. The Bertz CT molecular complexity index is 406. The predicted octanol–water partition coefficient (Wildman–Crippen LogP) is 1.89. The molecule has 68 valence electrons. The van der Waals surface area contributed by atoms with Crippen molar-refractivity contribution in [3.63, 3.8) is 0 Å². The molecule has 0 atom stereocenters. The Morgan fingerprint density at radius 1 is 1.23 bits per heavy atom. The van der Waals surface area contributed by atoms with E-state index in [-0.39, 0.29) is 17.0 Å². The second kappa shape index (κ2) is 4.57. The molecule has 0 aliphatic heterocycles. The Balaban J connectivity index is 0.000000845.